The quantitative estimate of drug-likeness (QED) is 0.127. The Hall–Kier alpha value is -4.35. The number of amides is 2. The van der Waals surface area contributed by atoms with Crippen molar-refractivity contribution in [2.24, 2.45) is 5.92 Å². The lowest BCUT2D eigenvalue weighted by atomic mass is 9.97. The lowest BCUT2D eigenvalue weighted by Crippen LogP contribution is -2.51. The second kappa shape index (κ2) is 18.3. The van der Waals surface area contributed by atoms with E-state index in [4.69, 9.17) is 4.74 Å². The highest BCUT2D eigenvalue weighted by atomic mass is 32.2. The number of hydrogen-bond acceptors (Lipinski definition) is 7. The number of carboxylic acid groups (broad SMARTS) is 1. The third kappa shape index (κ3) is 10.6. The van der Waals surface area contributed by atoms with Gasteiger partial charge in [0.2, 0.25) is 11.8 Å². The fourth-order valence-electron chi connectivity index (χ4n) is 5.71. The van der Waals surface area contributed by atoms with Gasteiger partial charge in [0.05, 0.1) is 26.4 Å². The Kier molecular flexibility index (Phi) is 13.9. The Labute approximate surface area is 287 Å². The maximum atomic E-state index is 13.6. The molecule has 0 aliphatic heterocycles. The molecule has 0 spiro atoms. The van der Waals surface area contributed by atoms with E-state index in [9.17, 15) is 19.5 Å². The van der Waals surface area contributed by atoms with Crippen molar-refractivity contribution in [2.45, 2.75) is 58.3 Å². The number of hydrogen-bond donors (Lipinski definition) is 3. The van der Waals surface area contributed by atoms with Crippen LogP contribution in [0, 0.1) is 5.92 Å². The molecule has 1 aromatic heterocycles. The number of thioether (sulfide) groups is 1. The Morgan fingerprint density at radius 2 is 1.77 bits per heavy atom. The van der Waals surface area contributed by atoms with Gasteiger partial charge in [-0.25, -0.2) is 9.78 Å². The van der Waals surface area contributed by atoms with Crippen molar-refractivity contribution >= 4 is 40.3 Å². The molecule has 0 fully saturated rings. The first-order valence-corrected chi connectivity index (χ1v) is 17.7. The Morgan fingerprint density at radius 1 is 1.02 bits per heavy atom. The van der Waals surface area contributed by atoms with E-state index in [1.165, 1.54) is 11.8 Å². The second-order valence-corrected chi connectivity index (χ2v) is 13.1. The average molecular weight is 674 g/mol. The fraction of sp³-hybridized carbons (Fsp3) is 0.405. The highest BCUT2D eigenvalue weighted by molar-refractivity contribution is 7.98. The summed E-state index contributed by atoms with van der Waals surface area (Å²) >= 11 is 1.54. The molecule has 256 valence electrons. The van der Waals surface area contributed by atoms with Gasteiger partial charge in [-0.3, -0.25) is 14.5 Å². The van der Waals surface area contributed by atoms with Gasteiger partial charge >= 0.3 is 5.97 Å². The van der Waals surface area contributed by atoms with Crippen molar-refractivity contribution in [1.82, 2.24) is 25.1 Å². The van der Waals surface area contributed by atoms with Crippen molar-refractivity contribution in [1.29, 1.82) is 0 Å². The summed E-state index contributed by atoms with van der Waals surface area (Å²) in [5.41, 5.74) is 2.91. The molecule has 4 aromatic rings. The number of ether oxygens (including phenoxy) is 1. The predicted octanol–water partition coefficient (Wildman–Crippen LogP) is 4.99. The van der Waals surface area contributed by atoms with Gasteiger partial charge in [0.1, 0.15) is 11.8 Å². The number of benzene rings is 3. The standard InChI is InChI=1S/C37H47N5O5S/c1-5-26(2)34(40-35(43)19-30-20-38-25-42(30)21-27-13-15-31(47-3)16-14-27)23-41(24-36(44)39-33(37(45)46)17-18-48-4)22-29-11-8-10-28-9-6-7-12-32(28)29/h6-16,20,25-26,33-34H,5,17-19,21-24H2,1-4H3,(H,39,44)(H,40,43)(H,45,46)/t26-,33-,34+/m0/s1. The summed E-state index contributed by atoms with van der Waals surface area (Å²) in [5, 5.41) is 17.9. The van der Waals surface area contributed by atoms with Crippen molar-refractivity contribution in [3.63, 3.8) is 0 Å². The number of carboxylic acids is 1. The van der Waals surface area contributed by atoms with Crippen LogP contribution in [0.15, 0.2) is 79.3 Å². The number of carbonyl (C=O) groups is 3. The van der Waals surface area contributed by atoms with E-state index < -0.39 is 12.0 Å². The molecular weight excluding hydrogens is 627 g/mol. The van der Waals surface area contributed by atoms with Crippen LogP contribution in [0.5, 0.6) is 5.75 Å². The zero-order chi connectivity index (χ0) is 34.5. The summed E-state index contributed by atoms with van der Waals surface area (Å²) in [6, 6.07) is 20.8. The molecule has 48 heavy (non-hydrogen) atoms. The van der Waals surface area contributed by atoms with Crippen LogP contribution < -0.4 is 15.4 Å². The van der Waals surface area contributed by atoms with Gasteiger partial charge in [0, 0.05) is 37.6 Å². The molecule has 0 radical (unpaired) electrons. The van der Waals surface area contributed by atoms with Crippen LogP contribution in [0.3, 0.4) is 0 Å². The smallest absolute Gasteiger partial charge is 0.326 e. The Bertz CT molecular complexity index is 1640. The molecule has 0 aliphatic rings. The summed E-state index contributed by atoms with van der Waals surface area (Å²) in [4.78, 5) is 45.1. The molecule has 0 unspecified atom stereocenters. The van der Waals surface area contributed by atoms with Gasteiger partial charge in [-0.2, -0.15) is 11.8 Å². The van der Waals surface area contributed by atoms with Gasteiger partial charge in [-0.1, -0.05) is 74.9 Å². The number of aromatic nitrogens is 2. The molecule has 2 amide bonds. The van der Waals surface area contributed by atoms with E-state index in [0.717, 1.165) is 39.8 Å². The van der Waals surface area contributed by atoms with Crippen LogP contribution in [0.1, 0.15) is 43.5 Å². The van der Waals surface area contributed by atoms with Gasteiger partial charge in [0.15, 0.2) is 0 Å². The van der Waals surface area contributed by atoms with Crippen molar-refractivity contribution in [3.05, 3.63) is 96.1 Å². The van der Waals surface area contributed by atoms with Gasteiger partial charge in [-0.05, 0) is 58.4 Å². The van der Waals surface area contributed by atoms with E-state index >= 15 is 0 Å². The maximum Gasteiger partial charge on any atom is 0.326 e. The molecule has 0 saturated carbocycles. The van der Waals surface area contributed by atoms with Crippen molar-refractivity contribution < 1.29 is 24.2 Å². The summed E-state index contributed by atoms with van der Waals surface area (Å²) in [6.07, 6.45) is 6.67. The third-order valence-electron chi connectivity index (χ3n) is 8.67. The van der Waals surface area contributed by atoms with Crippen LogP contribution in [-0.2, 0) is 33.9 Å². The van der Waals surface area contributed by atoms with Crippen LogP contribution in [-0.4, -0.2) is 81.6 Å². The minimum absolute atomic E-state index is 0.0102. The molecule has 0 saturated heterocycles. The van der Waals surface area contributed by atoms with Crippen LogP contribution in [0.4, 0.5) is 0 Å². The molecule has 10 nitrogen and oxygen atoms in total. The van der Waals surface area contributed by atoms with Crippen LogP contribution >= 0.6 is 11.8 Å². The molecule has 0 aliphatic carbocycles. The molecule has 3 aromatic carbocycles. The number of methoxy groups -OCH3 is 1. The predicted molar refractivity (Wildman–Crippen MR) is 191 cm³/mol. The van der Waals surface area contributed by atoms with E-state index in [0.29, 0.717) is 31.8 Å². The number of nitrogens with one attached hydrogen (secondary N) is 2. The summed E-state index contributed by atoms with van der Waals surface area (Å²) < 4.78 is 7.23. The first-order chi connectivity index (χ1) is 23.2. The third-order valence-corrected chi connectivity index (χ3v) is 9.31. The molecule has 11 heteroatoms. The summed E-state index contributed by atoms with van der Waals surface area (Å²) in [7, 11) is 1.63. The molecule has 3 N–H and O–H groups in total. The zero-order valence-corrected chi connectivity index (χ0v) is 29.0. The summed E-state index contributed by atoms with van der Waals surface area (Å²) in [5.74, 6) is -0.0180. The molecule has 3 atom stereocenters. The van der Waals surface area contributed by atoms with E-state index in [-0.39, 0.29) is 36.7 Å². The maximum absolute atomic E-state index is 13.6. The molecule has 1 heterocycles. The SMILES string of the molecule is CC[C@H](C)[C@@H](CN(CC(=O)N[C@@H](CCSC)C(=O)O)Cc1cccc2ccccc12)NC(=O)Cc1cncn1Cc1ccc(OC)cc1. The topological polar surface area (TPSA) is 126 Å². The van der Waals surface area contributed by atoms with E-state index in [2.05, 4.69) is 47.7 Å². The monoisotopic (exact) mass is 673 g/mol. The normalized spacial score (nSPS) is 13.2. The van der Waals surface area contributed by atoms with Crippen molar-refractivity contribution in [3.8, 4) is 5.75 Å². The number of rotatable bonds is 19. The number of nitrogens with zero attached hydrogens (tertiary/aromatic N) is 3. The molecule has 0 bridgehead atoms. The molecule has 4 rings (SSSR count). The van der Waals surface area contributed by atoms with Gasteiger partial charge in [0.25, 0.3) is 0 Å². The Balaban J connectivity index is 1.51. The number of fused-ring (bicyclic) bond motifs is 1. The first kappa shape index (κ1) is 36.5. The minimum atomic E-state index is -1.05. The fourth-order valence-corrected chi connectivity index (χ4v) is 6.18. The minimum Gasteiger partial charge on any atom is -0.497 e. The first-order valence-electron chi connectivity index (χ1n) is 16.3. The summed E-state index contributed by atoms with van der Waals surface area (Å²) in [6.45, 7) is 5.60. The number of carbonyl (C=O) groups excluding carboxylic acids is 2. The van der Waals surface area contributed by atoms with E-state index in [1.54, 1.807) is 19.6 Å². The van der Waals surface area contributed by atoms with Crippen LogP contribution in [0.25, 0.3) is 10.8 Å². The zero-order valence-electron chi connectivity index (χ0n) is 28.2. The van der Waals surface area contributed by atoms with Crippen LogP contribution in [0.2, 0.25) is 0 Å². The average Bonchev–Trinajstić information content (AvgIpc) is 3.51. The van der Waals surface area contributed by atoms with Gasteiger partial charge < -0.3 is 25.0 Å². The molecular formula is C37H47N5O5S. The highest BCUT2D eigenvalue weighted by Gasteiger charge is 2.26. The highest BCUT2D eigenvalue weighted by Crippen LogP contribution is 2.21. The Morgan fingerprint density at radius 3 is 2.48 bits per heavy atom. The van der Waals surface area contributed by atoms with Gasteiger partial charge in [-0.15, -0.1) is 0 Å². The largest absolute Gasteiger partial charge is 0.497 e. The number of imidazole rings is 1. The van der Waals surface area contributed by atoms with E-state index in [1.807, 2.05) is 64.3 Å². The second-order valence-electron chi connectivity index (χ2n) is 12.1. The lowest BCUT2D eigenvalue weighted by molar-refractivity contribution is -0.142. The number of aliphatic carboxylic acids is 1. The lowest BCUT2D eigenvalue weighted by Gasteiger charge is -2.31. The van der Waals surface area contributed by atoms with Crippen molar-refractivity contribution in [2.75, 3.05) is 32.2 Å².